The van der Waals surface area contributed by atoms with Crippen molar-refractivity contribution in [3.05, 3.63) is 59.7 Å². The maximum Gasteiger partial charge on any atom is 0.336 e. The first-order valence-corrected chi connectivity index (χ1v) is 8.12. The highest BCUT2D eigenvalue weighted by atomic mass is 16.5. The summed E-state index contributed by atoms with van der Waals surface area (Å²) >= 11 is 0. The minimum atomic E-state index is -0.880. The van der Waals surface area contributed by atoms with E-state index in [1.54, 1.807) is 30.7 Å². The van der Waals surface area contributed by atoms with Crippen LogP contribution in [0.1, 0.15) is 28.0 Å². The molecule has 3 rings (SSSR count). The summed E-state index contributed by atoms with van der Waals surface area (Å²) in [7, 11) is 0. The lowest BCUT2D eigenvalue weighted by atomic mass is 10.0. The molecule has 0 saturated carbocycles. The third kappa shape index (κ3) is 4.15. The molecule has 1 aromatic heterocycles. The van der Waals surface area contributed by atoms with Crippen LogP contribution in [0.4, 0.5) is 0 Å². The van der Waals surface area contributed by atoms with Crippen LogP contribution in [0.3, 0.4) is 0 Å². The molecule has 1 unspecified atom stereocenters. The van der Waals surface area contributed by atoms with Gasteiger partial charge < -0.3 is 9.84 Å². The summed E-state index contributed by atoms with van der Waals surface area (Å²) in [5.74, 6) is -0.880. The molecule has 1 fully saturated rings. The molecule has 0 spiro atoms. The van der Waals surface area contributed by atoms with E-state index in [2.05, 4.69) is 14.9 Å². The molecule has 24 heavy (non-hydrogen) atoms. The average molecular weight is 327 g/mol. The summed E-state index contributed by atoms with van der Waals surface area (Å²) in [5, 5.41) is 9.35. The SMILES string of the molecule is O=C(O)c1ccccc1CN1CCOCC1CCc1cnccn1. The maximum absolute atomic E-state index is 11.4. The van der Waals surface area contributed by atoms with Gasteiger partial charge in [-0.3, -0.25) is 14.9 Å². The van der Waals surface area contributed by atoms with Crippen molar-refractivity contribution in [1.82, 2.24) is 14.9 Å². The zero-order chi connectivity index (χ0) is 16.8. The zero-order valence-corrected chi connectivity index (χ0v) is 13.5. The van der Waals surface area contributed by atoms with E-state index in [9.17, 15) is 9.90 Å². The molecule has 6 heteroatoms. The number of rotatable bonds is 6. The van der Waals surface area contributed by atoms with E-state index in [1.807, 2.05) is 12.1 Å². The van der Waals surface area contributed by atoms with Gasteiger partial charge >= 0.3 is 5.97 Å². The van der Waals surface area contributed by atoms with Crippen molar-refractivity contribution < 1.29 is 14.6 Å². The Hall–Kier alpha value is -2.31. The fourth-order valence-electron chi connectivity index (χ4n) is 3.02. The van der Waals surface area contributed by atoms with Gasteiger partial charge in [0.2, 0.25) is 0 Å². The molecule has 1 aromatic carbocycles. The number of carboxylic acids is 1. The summed E-state index contributed by atoms with van der Waals surface area (Å²) in [5.41, 5.74) is 2.18. The van der Waals surface area contributed by atoms with Crippen LogP contribution in [0.5, 0.6) is 0 Å². The topological polar surface area (TPSA) is 75.5 Å². The number of ether oxygens (including phenoxy) is 1. The van der Waals surface area contributed by atoms with Crippen LogP contribution in [0.2, 0.25) is 0 Å². The first-order chi connectivity index (χ1) is 11.7. The van der Waals surface area contributed by atoms with Crippen LogP contribution in [-0.4, -0.2) is 51.7 Å². The smallest absolute Gasteiger partial charge is 0.336 e. The van der Waals surface area contributed by atoms with Gasteiger partial charge in [0.15, 0.2) is 0 Å². The van der Waals surface area contributed by atoms with E-state index < -0.39 is 5.97 Å². The van der Waals surface area contributed by atoms with Gasteiger partial charge in [-0.25, -0.2) is 4.79 Å². The van der Waals surface area contributed by atoms with Crippen LogP contribution in [0, 0.1) is 0 Å². The first-order valence-electron chi connectivity index (χ1n) is 8.12. The third-order valence-electron chi connectivity index (χ3n) is 4.32. The molecule has 0 amide bonds. The number of carbonyl (C=O) groups is 1. The molecule has 2 heterocycles. The van der Waals surface area contributed by atoms with Gasteiger partial charge in [-0.1, -0.05) is 18.2 Å². The van der Waals surface area contributed by atoms with E-state index in [0.717, 1.165) is 30.6 Å². The quantitative estimate of drug-likeness (QED) is 0.875. The summed E-state index contributed by atoms with van der Waals surface area (Å²) < 4.78 is 5.62. The number of carboxylic acid groups (broad SMARTS) is 1. The zero-order valence-electron chi connectivity index (χ0n) is 13.5. The number of benzene rings is 1. The van der Waals surface area contributed by atoms with Gasteiger partial charge in [0.25, 0.3) is 0 Å². The van der Waals surface area contributed by atoms with Gasteiger partial charge in [0, 0.05) is 37.7 Å². The number of aromatic nitrogens is 2. The van der Waals surface area contributed by atoms with E-state index >= 15 is 0 Å². The standard InChI is InChI=1S/C18H21N3O3/c22-18(23)17-4-2-1-3-14(17)12-21-9-10-24-13-16(21)6-5-15-11-19-7-8-20-15/h1-4,7-8,11,16H,5-6,9-10,12-13H2,(H,22,23). The molecular formula is C18H21N3O3. The van der Waals surface area contributed by atoms with Crippen LogP contribution in [0.15, 0.2) is 42.9 Å². The van der Waals surface area contributed by atoms with E-state index in [-0.39, 0.29) is 6.04 Å². The van der Waals surface area contributed by atoms with E-state index in [1.165, 1.54) is 0 Å². The lowest BCUT2D eigenvalue weighted by Crippen LogP contribution is -2.45. The average Bonchev–Trinajstić information content (AvgIpc) is 2.62. The molecule has 0 aliphatic carbocycles. The molecule has 0 radical (unpaired) electrons. The maximum atomic E-state index is 11.4. The van der Waals surface area contributed by atoms with Gasteiger partial charge in [-0.2, -0.15) is 0 Å². The molecule has 126 valence electrons. The molecular weight excluding hydrogens is 306 g/mol. The van der Waals surface area contributed by atoms with Crippen molar-refractivity contribution in [2.75, 3.05) is 19.8 Å². The Kier molecular flexibility index (Phi) is 5.51. The van der Waals surface area contributed by atoms with E-state index in [4.69, 9.17) is 4.74 Å². The Morgan fingerprint density at radius 3 is 3.00 bits per heavy atom. The summed E-state index contributed by atoms with van der Waals surface area (Å²) in [6, 6.07) is 7.45. The number of nitrogens with zero attached hydrogens (tertiary/aromatic N) is 3. The number of morpholine rings is 1. The monoisotopic (exact) mass is 327 g/mol. The highest BCUT2D eigenvalue weighted by Crippen LogP contribution is 2.19. The predicted octanol–water partition coefficient (Wildman–Crippen LogP) is 2.01. The minimum absolute atomic E-state index is 0.252. The fraction of sp³-hybridized carbons (Fsp3) is 0.389. The highest BCUT2D eigenvalue weighted by Gasteiger charge is 2.24. The van der Waals surface area contributed by atoms with Crippen LogP contribution < -0.4 is 0 Å². The Morgan fingerprint density at radius 2 is 2.21 bits per heavy atom. The molecule has 6 nitrogen and oxygen atoms in total. The van der Waals surface area contributed by atoms with Crippen LogP contribution >= 0.6 is 0 Å². The summed E-state index contributed by atoms with van der Waals surface area (Å²) in [6.07, 6.45) is 6.90. The number of hydrogen-bond donors (Lipinski definition) is 1. The molecule has 2 aromatic rings. The first kappa shape index (κ1) is 16.5. The van der Waals surface area contributed by atoms with E-state index in [0.29, 0.717) is 25.3 Å². The summed E-state index contributed by atoms with van der Waals surface area (Å²) in [6.45, 7) is 2.77. The predicted molar refractivity (Wildman–Crippen MR) is 88.8 cm³/mol. The summed E-state index contributed by atoms with van der Waals surface area (Å²) in [4.78, 5) is 22.1. The Balaban J connectivity index is 1.67. The Labute approximate surface area is 141 Å². The van der Waals surface area contributed by atoms with Crippen molar-refractivity contribution in [1.29, 1.82) is 0 Å². The van der Waals surface area contributed by atoms with Gasteiger partial charge in [0.05, 0.1) is 24.5 Å². The molecule has 0 bridgehead atoms. The lowest BCUT2D eigenvalue weighted by Gasteiger charge is -2.36. The Morgan fingerprint density at radius 1 is 1.33 bits per heavy atom. The second-order valence-electron chi connectivity index (χ2n) is 5.90. The molecule has 1 aliphatic heterocycles. The van der Waals surface area contributed by atoms with Crippen LogP contribution in [0.25, 0.3) is 0 Å². The lowest BCUT2D eigenvalue weighted by molar-refractivity contribution is -0.0145. The van der Waals surface area contributed by atoms with Gasteiger partial charge in [-0.05, 0) is 24.5 Å². The van der Waals surface area contributed by atoms with Gasteiger partial charge in [0.1, 0.15) is 0 Å². The van der Waals surface area contributed by atoms with Crippen molar-refractivity contribution in [2.24, 2.45) is 0 Å². The van der Waals surface area contributed by atoms with Crippen LogP contribution in [-0.2, 0) is 17.7 Å². The molecule has 1 aliphatic rings. The second kappa shape index (κ2) is 7.99. The molecule has 1 N–H and O–H groups in total. The minimum Gasteiger partial charge on any atom is -0.478 e. The Bertz CT molecular complexity index is 678. The fourth-order valence-corrected chi connectivity index (χ4v) is 3.02. The van der Waals surface area contributed by atoms with Gasteiger partial charge in [-0.15, -0.1) is 0 Å². The van der Waals surface area contributed by atoms with Crippen molar-refractivity contribution in [3.8, 4) is 0 Å². The van der Waals surface area contributed by atoms with Crippen molar-refractivity contribution >= 4 is 5.97 Å². The highest BCUT2D eigenvalue weighted by molar-refractivity contribution is 5.89. The number of hydrogen-bond acceptors (Lipinski definition) is 5. The molecule has 1 atom stereocenters. The third-order valence-corrected chi connectivity index (χ3v) is 4.32. The normalized spacial score (nSPS) is 18.4. The largest absolute Gasteiger partial charge is 0.478 e. The van der Waals surface area contributed by atoms with Crippen molar-refractivity contribution in [2.45, 2.75) is 25.4 Å². The van der Waals surface area contributed by atoms with Crippen molar-refractivity contribution in [3.63, 3.8) is 0 Å². The molecule has 1 saturated heterocycles. The number of aromatic carboxylic acids is 1. The second-order valence-corrected chi connectivity index (χ2v) is 5.90. The number of aryl methyl sites for hydroxylation is 1.